The summed E-state index contributed by atoms with van der Waals surface area (Å²) in [5.41, 5.74) is -0.554. The lowest BCUT2D eigenvalue weighted by atomic mass is 9.88. The molecule has 3 unspecified atom stereocenters. The Morgan fingerprint density at radius 3 is 2.35 bits per heavy atom. The lowest BCUT2D eigenvalue weighted by molar-refractivity contribution is -0.135. The smallest absolute Gasteiger partial charge is 0.408 e. The summed E-state index contributed by atoms with van der Waals surface area (Å²) in [6.07, 6.45) is 0.475. The second-order valence-corrected chi connectivity index (χ2v) is 6.90. The molecule has 3 atom stereocenters. The minimum atomic E-state index is -0.554. The largest absolute Gasteiger partial charge is 0.444 e. The van der Waals surface area contributed by atoms with Crippen LogP contribution in [-0.4, -0.2) is 41.6 Å². The van der Waals surface area contributed by atoms with Gasteiger partial charge in [0.2, 0.25) is 5.91 Å². The highest BCUT2D eigenvalue weighted by atomic mass is 16.6. The predicted octanol–water partition coefficient (Wildman–Crippen LogP) is 2.40. The molecule has 1 N–H and O–H groups in total. The molecule has 1 aliphatic rings. The van der Waals surface area contributed by atoms with Crippen molar-refractivity contribution in [2.24, 2.45) is 11.8 Å². The van der Waals surface area contributed by atoms with Crippen LogP contribution in [0.15, 0.2) is 0 Å². The van der Waals surface area contributed by atoms with Gasteiger partial charge in [0.15, 0.2) is 0 Å². The summed E-state index contributed by atoms with van der Waals surface area (Å²) in [5, 5.41) is 2.61. The molecule has 5 heteroatoms. The number of ether oxygens (including phenoxy) is 1. The summed E-state index contributed by atoms with van der Waals surface area (Å²) in [6, 6.07) is -0.551. The van der Waals surface area contributed by atoms with Crippen LogP contribution in [0.4, 0.5) is 4.79 Å². The molecule has 0 saturated carbocycles. The van der Waals surface area contributed by atoms with Crippen molar-refractivity contribution in [2.75, 3.05) is 13.1 Å². The monoisotopic (exact) mass is 284 g/mol. The SMILES string of the molecule is CC(NC(=O)OC(C)(C)C)C(=O)N1CCC(C)C(C)C1. The highest BCUT2D eigenvalue weighted by Gasteiger charge is 2.29. The number of hydrogen-bond donors (Lipinski definition) is 1. The van der Waals surface area contributed by atoms with Crippen molar-refractivity contribution in [1.29, 1.82) is 0 Å². The van der Waals surface area contributed by atoms with Crippen LogP contribution >= 0.6 is 0 Å². The van der Waals surface area contributed by atoms with E-state index in [1.807, 2.05) is 4.90 Å². The summed E-state index contributed by atoms with van der Waals surface area (Å²) in [7, 11) is 0. The zero-order valence-corrected chi connectivity index (χ0v) is 13.5. The van der Waals surface area contributed by atoms with Crippen LogP contribution in [0.25, 0.3) is 0 Å². The Balaban J connectivity index is 2.49. The number of rotatable bonds is 2. The quantitative estimate of drug-likeness (QED) is 0.847. The fourth-order valence-electron chi connectivity index (χ4n) is 2.28. The van der Waals surface area contributed by atoms with Gasteiger partial charge in [-0.1, -0.05) is 13.8 Å². The maximum absolute atomic E-state index is 12.3. The lowest BCUT2D eigenvalue weighted by Gasteiger charge is -2.36. The number of likely N-dealkylation sites (tertiary alicyclic amines) is 1. The molecule has 0 aromatic rings. The van der Waals surface area contributed by atoms with Gasteiger partial charge in [-0.2, -0.15) is 0 Å². The third-order valence-corrected chi connectivity index (χ3v) is 3.75. The van der Waals surface area contributed by atoms with E-state index >= 15 is 0 Å². The number of piperidine rings is 1. The van der Waals surface area contributed by atoms with E-state index in [1.54, 1.807) is 27.7 Å². The minimum absolute atomic E-state index is 0.0328. The zero-order valence-electron chi connectivity index (χ0n) is 13.5. The average molecular weight is 284 g/mol. The third kappa shape index (κ3) is 5.02. The van der Waals surface area contributed by atoms with E-state index in [1.165, 1.54) is 0 Å². The van der Waals surface area contributed by atoms with Gasteiger partial charge in [-0.3, -0.25) is 4.79 Å². The fourth-order valence-corrected chi connectivity index (χ4v) is 2.28. The molecule has 5 nitrogen and oxygen atoms in total. The molecule has 0 spiro atoms. The normalized spacial score (nSPS) is 25.0. The molecular formula is C15H28N2O3. The van der Waals surface area contributed by atoms with Gasteiger partial charge >= 0.3 is 6.09 Å². The Morgan fingerprint density at radius 1 is 1.25 bits per heavy atom. The van der Waals surface area contributed by atoms with Gasteiger partial charge in [-0.05, 0) is 46.0 Å². The van der Waals surface area contributed by atoms with Gasteiger partial charge in [0.05, 0.1) is 0 Å². The molecule has 1 rings (SSSR count). The molecule has 0 radical (unpaired) electrons. The highest BCUT2D eigenvalue weighted by molar-refractivity contribution is 5.85. The van der Waals surface area contributed by atoms with Crippen LogP contribution in [0.5, 0.6) is 0 Å². The van der Waals surface area contributed by atoms with Crippen LogP contribution in [0.2, 0.25) is 0 Å². The molecule has 2 amide bonds. The summed E-state index contributed by atoms with van der Waals surface area (Å²) in [5.74, 6) is 1.12. The van der Waals surface area contributed by atoms with E-state index < -0.39 is 17.7 Å². The van der Waals surface area contributed by atoms with Crippen molar-refractivity contribution in [3.8, 4) is 0 Å². The molecule has 116 valence electrons. The Labute approximate surface area is 122 Å². The average Bonchev–Trinajstić information content (AvgIpc) is 2.29. The number of carbonyl (C=O) groups excluding carboxylic acids is 2. The molecule has 0 aliphatic carbocycles. The first-order chi connectivity index (χ1) is 9.10. The molecule has 1 fully saturated rings. The van der Waals surface area contributed by atoms with Crippen molar-refractivity contribution in [1.82, 2.24) is 10.2 Å². The maximum atomic E-state index is 12.3. The molecule has 0 bridgehead atoms. The van der Waals surface area contributed by atoms with Crippen molar-refractivity contribution in [3.63, 3.8) is 0 Å². The van der Waals surface area contributed by atoms with Gasteiger partial charge < -0.3 is 15.0 Å². The first kappa shape index (κ1) is 16.8. The summed E-state index contributed by atoms with van der Waals surface area (Å²) >= 11 is 0. The zero-order chi connectivity index (χ0) is 15.5. The summed E-state index contributed by atoms with van der Waals surface area (Å²) < 4.78 is 5.16. The van der Waals surface area contributed by atoms with Crippen molar-refractivity contribution in [2.45, 2.75) is 59.6 Å². The highest BCUT2D eigenvalue weighted by Crippen LogP contribution is 2.22. The maximum Gasteiger partial charge on any atom is 0.408 e. The van der Waals surface area contributed by atoms with E-state index in [0.29, 0.717) is 11.8 Å². The van der Waals surface area contributed by atoms with Gasteiger partial charge in [0, 0.05) is 13.1 Å². The standard InChI is InChI=1S/C15H28N2O3/c1-10-7-8-17(9-11(10)2)13(18)12(3)16-14(19)20-15(4,5)6/h10-12H,7-9H2,1-6H3,(H,16,19). The van der Waals surface area contributed by atoms with Gasteiger partial charge in [0.1, 0.15) is 11.6 Å². The van der Waals surface area contributed by atoms with Crippen molar-refractivity contribution >= 4 is 12.0 Å². The molecule has 1 heterocycles. The summed E-state index contributed by atoms with van der Waals surface area (Å²) in [6.45, 7) is 13.0. The third-order valence-electron chi connectivity index (χ3n) is 3.75. The Bertz CT molecular complexity index is 363. The Morgan fingerprint density at radius 2 is 1.85 bits per heavy atom. The van der Waals surface area contributed by atoms with Gasteiger partial charge in [-0.25, -0.2) is 4.79 Å². The van der Waals surface area contributed by atoms with E-state index in [0.717, 1.165) is 19.5 Å². The molecule has 1 aliphatic heterocycles. The molecule has 0 aromatic carbocycles. The Kier molecular flexibility index (Phi) is 5.42. The molecular weight excluding hydrogens is 256 g/mol. The topological polar surface area (TPSA) is 58.6 Å². The van der Waals surface area contributed by atoms with Gasteiger partial charge in [0.25, 0.3) is 0 Å². The summed E-state index contributed by atoms with van der Waals surface area (Å²) in [4.78, 5) is 25.8. The second-order valence-electron chi connectivity index (χ2n) is 6.90. The fraction of sp³-hybridized carbons (Fsp3) is 0.867. The number of alkyl carbamates (subject to hydrolysis) is 1. The molecule has 0 aromatic heterocycles. The van der Waals surface area contributed by atoms with Crippen LogP contribution in [0.1, 0.15) is 48.0 Å². The van der Waals surface area contributed by atoms with Crippen LogP contribution in [0, 0.1) is 11.8 Å². The minimum Gasteiger partial charge on any atom is -0.444 e. The number of nitrogens with zero attached hydrogens (tertiary/aromatic N) is 1. The van der Waals surface area contributed by atoms with E-state index in [4.69, 9.17) is 4.74 Å². The Hall–Kier alpha value is -1.26. The second kappa shape index (κ2) is 6.46. The van der Waals surface area contributed by atoms with E-state index in [-0.39, 0.29) is 5.91 Å². The van der Waals surface area contributed by atoms with Crippen LogP contribution in [0.3, 0.4) is 0 Å². The molecule has 20 heavy (non-hydrogen) atoms. The predicted molar refractivity (Wildman–Crippen MR) is 78.4 cm³/mol. The number of nitrogens with one attached hydrogen (secondary N) is 1. The van der Waals surface area contributed by atoms with E-state index in [2.05, 4.69) is 19.2 Å². The molecule has 1 saturated heterocycles. The van der Waals surface area contributed by atoms with E-state index in [9.17, 15) is 9.59 Å². The van der Waals surface area contributed by atoms with Crippen LogP contribution < -0.4 is 5.32 Å². The first-order valence-electron chi connectivity index (χ1n) is 7.38. The first-order valence-corrected chi connectivity index (χ1v) is 7.38. The number of carbonyl (C=O) groups is 2. The van der Waals surface area contributed by atoms with Crippen molar-refractivity contribution in [3.05, 3.63) is 0 Å². The van der Waals surface area contributed by atoms with Gasteiger partial charge in [-0.15, -0.1) is 0 Å². The lowest BCUT2D eigenvalue weighted by Crippen LogP contribution is -2.51. The number of hydrogen-bond acceptors (Lipinski definition) is 3. The van der Waals surface area contributed by atoms with Crippen LogP contribution in [-0.2, 0) is 9.53 Å². The number of amides is 2. The van der Waals surface area contributed by atoms with Crippen molar-refractivity contribution < 1.29 is 14.3 Å².